The van der Waals surface area contributed by atoms with Gasteiger partial charge in [-0.25, -0.2) is 4.79 Å². The van der Waals surface area contributed by atoms with Gasteiger partial charge in [-0.1, -0.05) is 13.3 Å². The van der Waals surface area contributed by atoms with Gasteiger partial charge in [0.25, 0.3) is 0 Å². The van der Waals surface area contributed by atoms with Crippen molar-refractivity contribution in [2.45, 2.75) is 50.6 Å². The molecule has 152 valence electrons. The number of amides is 2. The summed E-state index contributed by atoms with van der Waals surface area (Å²) in [6, 6.07) is 6.29. The highest BCUT2D eigenvalue weighted by atomic mass is 16.5. The fourth-order valence-electron chi connectivity index (χ4n) is 4.24. The van der Waals surface area contributed by atoms with Crippen molar-refractivity contribution in [3.63, 3.8) is 0 Å². The van der Waals surface area contributed by atoms with Crippen molar-refractivity contribution in [3.8, 4) is 17.6 Å². The van der Waals surface area contributed by atoms with Crippen LogP contribution in [0.5, 0.6) is 11.5 Å². The average Bonchev–Trinajstić information content (AvgIpc) is 2.72. The van der Waals surface area contributed by atoms with Gasteiger partial charge in [-0.05, 0) is 42.5 Å². The third-order valence-electron chi connectivity index (χ3n) is 5.86. The number of piperidine rings is 1. The molecule has 2 amide bonds. The number of carbonyl (C=O) groups is 1. The van der Waals surface area contributed by atoms with Gasteiger partial charge in [-0.3, -0.25) is 4.90 Å². The van der Waals surface area contributed by atoms with Crippen LogP contribution in [-0.4, -0.2) is 50.3 Å². The predicted octanol–water partition coefficient (Wildman–Crippen LogP) is 2.76. The van der Waals surface area contributed by atoms with Crippen LogP contribution in [0.3, 0.4) is 0 Å². The van der Waals surface area contributed by atoms with E-state index in [1.165, 1.54) is 5.56 Å². The minimum absolute atomic E-state index is 0.0768. The molecule has 3 rings (SSSR count). The molecule has 28 heavy (non-hydrogen) atoms. The second kappa shape index (κ2) is 8.70. The number of benzene rings is 1. The summed E-state index contributed by atoms with van der Waals surface area (Å²) < 4.78 is 10.9. The van der Waals surface area contributed by atoms with Gasteiger partial charge in [0.15, 0.2) is 11.5 Å². The van der Waals surface area contributed by atoms with Crippen LogP contribution < -0.4 is 20.1 Å². The number of urea groups is 1. The zero-order chi connectivity index (χ0) is 20.1. The number of hydrogen-bond acceptors (Lipinski definition) is 5. The molecule has 0 bridgehead atoms. The first kappa shape index (κ1) is 20.3. The van der Waals surface area contributed by atoms with E-state index < -0.39 is 5.54 Å². The molecule has 0 spiro atoms. The predicted molar refractivity (Wildman–Crippen MR) is 107 cm³/mol. The van der Waals surface area contributed by atoms with Gasteiger partial charge in [0, 0.05) is 32.1 Å². The maximum atomic E-state index is 12.3. The molecule has 0 aliphatic carbocycles. The summed E-state index contributed by atoms with van der Waals surface area (Å²) in [4.78, 5) is 14.7. The monoisotopic (exact) mass is 386 g/mol. The molecule has 2 heterocycles. The lowest BCUT2D eigenvalue weighted by molar-refractivity contribution is 0.0946. The van der Waals surface area contributed by atoms with E-state index in [0.29, 0.717) is 25.1 Å². The summed E-state index contributed by atoms with van der Waals surface area (Å²) in [6.07, 6.45) is 4.08. The van der Waals surface area contributed by atoms with Crippen molar-refractivity contribution >= 4 is 6.03 Å². The lowest BCUT2D eigenvalue weighted by atomic mass is 9.78. The molecule has 1 fully saturated rings. The van der Waals surface area contributed by atoms with Crippen LogP contribution >= 0.6 is 0 Å². The van der Waals surface area contributed by atoms with Crippen LogP contribution in [-0.2, 0) is 6.42 Å². The molecule has 7 nitrogen and oxygen atoms in total. The Labute approximate surface area is 167 Å². The fourth-order valence-corrected chi connectivity index (χ4v) is 4.24. The highest BCUT2D eigenvalue weighted by Gasteiger charge is 2.44. The molecule has 1 aromatic rings. The molecule has 7 heteroatoms. The summed E-state index contributed by atoms with van der Waals surface area (Å²) in [5.41, 5.74) is 1.52. The van der Waals surface area contributed by atoms with Crippen molar-refractivity contribution in [1.82, 2.24) is 15.5 Å². The molecule has 0 unspecified atom stereocenters. The molecular weight excluding hydrogens is 356 g/mol. The fraction of sp³-hybridized carbons (Fsp3) is 0.619. The summed E-state index contributed by atoms with van der Waals surface area (Å²) in [7, 11) is 3.27. The molecule has 2 atom stereocenters. The number of nitrogens with one attached hydrogen (secondary N) is 2. The van der Waals surface area contributed by atoms with E-state index in [1.807, 2.05) is 12.1 Å². The van der Waals surface area contributed by atoms with Crippen molar-refractivity contribution in [3.05, 3.63) is 23.3 Å². The molecule has 0 saturated carbocycles. The molecule has 1 aromatic carbocycles. The Balaban J connectivity index is 1.82. The number of carbonyl (C=O) groups excluding carboxylic acids is 1. The molecule has 2 aliphatic heterocycles. The number of methoxy groups -OCH3 is 2. The molecule has 2 N–H and O–H groups in total. The van der Waals surface area contributed by atoms with Gasteiger partial charge < -0.3 is 20.1 Å². The van der Waals surface area contributed by atoms with E-state index in [1.54, 1.807) is 14.2 Å². The van der Waals surface area contributed by atoms with E-state index in [-0.39, 0.29) is 12.1 Å². The van der Waals surface area contributed by atoms with Crippen LogP contribution in [0, 0.1) is 11.3 Å². The first-order valence-corrected chi connectivity index (χ1v) is 10.0. The van der Waals surface area contributed by atoms with Crippen molar-refractivity contribution in [2.24, 2.45) is 0 Å². The lowest BCUT2D eigenvalue weighted by Crippen LogP contribution is -2.58. The largest absolute Gasteiger partial charge is 0.493 e. The van der Waals surface area contributed by atoms with Crippen LogP contribution in [0.15, 0.2) is 12.1 Å². The number of nitriles is 1. The van der Waals surface area contributed by atoms with Crippen molar-refractivity contribution in [1.29, 1.82) is 5.26 Å². The van der Waals surface area contributed by atoms with Crippen LogP contribution in [0.4, 0.5) is 4.79 Å². The molecular formula is C21H30N4O3. The Kier molecular flexibility index (Phi) is 6.30. The van der Waals surface area contributed by atoms with Crippen LogP contribution in [0.1, 0.15) is 49.8 Å². The topological polar surface area (TPSA) is 86.6 Å². The Hall–Kier alpha value is -2.46. The highest BCUT2D eigenvalue weighted by molar-refractivity contribution is 5.75. The van der Waals surface area contributed by atoms with Crippen molar-refractivity contribution < 1.29 is 14.3 Å². The first-order chi connectivity index (χ1) is 13.6. The van der Waals surface area contributed by atoms with Gasteiger partial charge in [0.2, 0.25) is 0 Å². The summed E-state index contributed by atoms with van der Waals surface area (Å²) in [5.74, 6) is 1.42. The third-order valence-corrected chi connectivity index (χ3v) is 5.86. The van der Waals surface area contributed by atoms with Crippen LogP contribution in [0.25, 0.3) is 0 Å². The number of fused-ring (bicyclic) bond motifs is 3. The van der Waals surface area contributed by atoms with Crippen molar-refractivity contribution in [2.75, 3.05) is 33.9 Å². The average molecular weight is 386 g/mol. The standard InChI is InChI=1S/C21H30N4O3/c1-4-5-8-23-20(26)24-21(14-22)7-10-25-9-6-15-11-18(27-2)19(28-3)12-16(15)17(25)13-21/h11-12,17H,4-10,13H2,1-3H3,(H2,23,24,26)/t17-,21+/m0/s1. The van der Waals surface area contributed by atoms with Gasteiger partial charge in [0.1, 0.15) is 5.54 Å². The second-order valence-electron chi connectivity index (χ2n) is 7.59. The van der Waals surface area contributed by atoms with E-state index in [4.69, 9.17) is 9.47 Å². The van der Waals surface area contributed by atoms with E-state index in [0.717, 1.165) is 43.7 Å². The Morgan fingerprint density at radius 1 is 1.32 bits per heavy atom. The Bertz CT molecular complexity index is 761. The zero-order valence-corrected chi connectivity index (χ0v) is 17.0. The summed E-state index contributed by atoms with van der Waals surface area (Å²) in [6.45, 7) is 4.42. The normalized spacial score (nSPS) is 23.7. The zero-order valence-electron chi connectivity index (χ0n) is 17.0. The number of ether oxygens (including phenoxy) is 2. The number of nitrogens with zero attached hydrogens (tertiary/aromatic N) is 2. The SMILES string of the molecule is CCCCNC(=O)N[C@]1(C#N)CCN2CCc3cc(OC)c(OC)cc3[C@@H]2C1. The Morgan fingerprint density at radius 2 is 2.07 bits per heavy atom. The first-order valence-electron chi connectivity index (χ1n) is 10.0. The smallest absolute Gasteiger partial charge is 0.316 e. The minimum Gasteiger partial charge on any atom is -0.493 e. The molecule has 0 aromatic heterocycles. The molecule has 0 radical (unpaired) electrons. The number of rotatable bonds is 6. The molecule has 1 saturated heterocycles. The van der Waals surface area contributed by atoms with Gasteiger partial charge in [-0.2, -0.15) is 5.26 Å². The maximum absolute atomic E-state index is 12.3. The number of unbranched alkanes of at least 4 members (excludes halogenated alkanes) is 1. The second-order valence-corrected chi connectivity index (χ2v) is 7.59. The maximum Gasteiger partial charge on any atom is 0.316 e. The summed E-state index contributed by atoms with van der Waals surface area (Å²) >= 11 is 0. The highest BCUT2D eigenvalue weighted by Crippen LogP contribution is 2.44. The van der Waals surface area contributed by atoms with Gasteiger partial charge in [-0.15, -0.1) is 0 Å². The van der Waals surface area contributed by atoms with E-state index in [2.05, 4.69) is 28.5 Å². The third kappa shape index (κ3) is 4.02. The molecule has 2 aliphatic rings. The van der Waals surface area contributed by atoms with Gasteiger partial charge >= 0.3 is 6.03 Å². The number of hydrogen-bond donors (Lipinski definition) is 2. The quantitative estimate of drug-likeness (QED) is 0.734. The van der Waals surface area contributed by atoms with E-state index >= 15 is 0 Å². The lowest BCUT2D eigenvalue weighted by Gasteiger charge is -2.46. The van der Waals surface area contributed by atoms with Gasteiger partial charge in [0.05, 0.1) is 20.3 Å². The summed E-state index contributed by atoms with van der Waals surface area (Å²) in [5, 5.41) is 15.8. The van der Waals surface area contributed by atoms with E-state index in [9.17, 15) is 10.1 Å². The van der Waals surface area contributed by atoms with Crippen LogP contribution in [0.2, 0.25) is 0 Å². The minimum atomic E-state index is -0.862. The Morgan fingerprint density at radius 3 is 2.75 bits per heavy atom.